The van der Waals surface area contributed by atoms with E-state index in [0.717, 1.165) is 12.8 Å². The third-order valence-electron chi connectivity index (χ3n) is 2.42. The highest BCUT2D eigenvalue weighted by atomic mass is 16.1. The number of Topliss-reactive ketones (excluding diaryl/α,β-unsaturated/α-hetero) is 1. The molecule has 1 rings (SSSR count). The van der Waals surface area contributed by atoms with Crippen molar-refractivity contribution in [2.24, 2.45) is 5.92 Å². The Kier molecular flexibility index (Phi) is 2.44. The predicted octanol–water partition coefficient (Wildman–Crippen LogP) is 0.964. The normalized spacial score (nSPS) is 32.6. The monoisotopic (exact) mass is 141 g/mol. The van der Waals surface area contributed by atoms with Gasteiger partial charge in [-0.25, -0.2) is 0 Å². The Balaban J connectivity index is 2.35. The molecule has 1 N–H and O–H groups in total. The number of hydrogen-bond donors (Lipinski definition) is 1. The summed E-state index contributed by atoms with van der Waals surface area (Å²) < 4.78 is 0. The molecule has 0 aromatic carbocycles. The second-order valence-corrected chi connectivity index (χ2v) is 3.11. The van der Waals surface area contributed by atoms with E-state index < -0.39 is 0 Å². The molecule has 1 saturated carbocycles. The van der Waals surface area contributed by atoms with Crippen molar-refractivity contribution in [3.63, 3.8) is 0 Å². The van der Waals surface area contributed by atoms with Crippen molar-refractivity contribution in [1.82, 2.24) is 5.32 Å². The van der Waals surface area contributed by atoms with Crippen LogP contribution in [0.4, 0.5) is 0 Å². The summed E-state index contributed by atoms with van der Waals surface area (Å²) in [7, 11) is 1.97. The van der Waals surface area contributed by atoms with Crippen LogP contribution in [0.25, 0.3) is 0 Å². The maximum Gasteiger partial charge on any atom is 0.132 e. The summed E-state index contributed by atoms with van der Waals surface area (Å²) in [4.78, 5) is 10.9. The van der Waals surface area contributed by atoms with Crippen LogP contribution in [0.1, 0.15) is 26.2 Å². The third kappa shape index (κ3) is 1.57. The van der Waals surface area contributed by atoms with Gasteiger partial charge in [0.2, 0.25) is 0 Å². The van der Waals surface area contributed by atoms with Gasteiger partial charge in [0.25, 0.3) is 0 Å². The average molecular weight is 141 g/mol. The maximum absolute atomic E-state index is 10.9. The van der Waals surface area contributed by atoms with E-state index in [4.69, 9.17) is 0 Å². The van der Waals surface area contributed by atoms with Crippen molar-refractivity contribution in [3.05, 3.63) is 0 Å². The number of ketones is 1. The highest BCUT2D eigenvalue weighted by Gasteiger charge is 2.25. The Labute approximate surface area is 62.0 Å². The Morgan fingerprint density at radius 2 is 2.20 bits per heavy atom. The fourth-order valence-corrected chi connectivity index (χ4v) is 1.61. The van der Waals surface area contributed by atoms with Gasteiger partial charge in [0.15, 0.2) is 0 Å². The lowest BCUT2D eigenvalue weighted by Gasteiger charge is -2.06. The zero-order valence-electron chi connectivity index (χ0n) is 6.68. The summed E-state index contributed by atoms with van der Waals surface area (Å²) in [6.07, 6.45) is 3.30. The SMILES string of the molecule is CN[C@H]1CC[C@H](C(C)=O)C1. The van der Waals surface area contributed by atoms with Crippen LogP contribution < -0.4 is 5.32 Å². The zero-order valence-corrected chi connectivity index (χ0v) is 6.68. The first-order valence-corrected chi connectivity index (χ1v) is 3.91. The van der Waals surface area contributed by atoms with Gasteiger partial charge < -0.3 is 5.32 Å². The Morgan fingerprint density at radius 1 is 1.50 bits per heavy atom. The van der Waals surface area contributed by atoms with Gasteiger partial charge in [0, 0.05) is 12.0 Å². The summed E-state index contributed by atoms with van der Waals surface area (Å²) in [6, 6.07) is 0.592. The second kappa shape index (κ2) is 3.15. The summed E-state index contributed by atoms with van der Waals surface area (Å²) in [6.45, 7) is 1.70. The minimum Gasteiger partial charge on any atom is -0.317 e. The standard InChI is InChI=1S/C8H15NO/c1-6(10)7-3-4-8(5-7)9-2/h7-9H,3-5H2,1-2H3/t7-,8-/m0/s1. The molecule has 10 heavy (non-hydrogen) atoms. The molecule has 0 radical (unpaired) electrons. The van der Waals surface area contributed by atoms with Gasteiger partial charge in [-0.1, -0.05) is 0 Å². The molecular formula is C8H15NO. The van der Waals surface area contributed by atoms with Crippen molar-refractivity contribution in [2.75, 3.05) is 7.05 Å². The van der Waals surface area contributed by atoms with Gasteiger partial charge in [-0.2, -0.15) is 0 Å². The van der Waals surface area contributed by atoms with E-state index in [9.17, 15) is 4.79 Å². The zero-order chi connectivity index (χ0) is 7.56. The molecule has 1 aliphatic carbocycles. The molecule has 0 bridgehead atoms. The topological polar surface area (TPSA) is 29.1 Å². The average Bonchev–Trinajstić information content (AvgIpc) is 2.34. The van der Waals surface area contributed by atoms with Crippen LogP contribution in [0.5, 0.6) is 0 Å². The lowest BCUT2D eigenvalue weighted by atomic mass is 10.0. The highest BCUT2D eigenvalue weighted by molar-refractivity contribution is 5.78. The van der Waals surface area contributed by atoms with E-state index >= 15 is 0 Å². The van der Waals surface area contributed by atoms with E-state index in [2.05, 4.69) is 5.32 Å². The quantitative estimate of drug-likeness (QED) is 0.620. The Hall–Kier alpha value is -0.370. The van der Waals surface area contributed by atoms with Crippen LogP contribution in [0.2, 0.25) is 0 Å². The fraction of sp³-hybridized carbons (Fsp3) is 0.875. The van der Waals surface area contributed by atoms with Crippen LogP contribution in [-0.4, -0.2) is 18.9 Å². The molecule has 58 valence electrons. The molecule has 0 aromatic rings. The molecule has 0 unspecified atom stereocenters. The summed E-state index contributed by atoms with van der Waals surface area (Å²) in [5, 5.41) is 3.20. The van der Waals surface area contributed by atoms with Crippen LogP contribution in [0.15, 0.2) is 0 Å². The largest absolute Gasteiger partial charge is 0.317 e. The van der Waals surface area contributed by atoms with Crippen molar-refractivity contribution in [2.45, 2.75) is 32.2 Å². The molecule has 2 atom stereocenters. The lowest BCUT2D eigenvalue weighted by molar-refractivity contribution is -0.120. The summed E-state index contributed by atoms with van der Waals surface area (Å²) in [5.41, 5.74) is 0. The first kappa shape index (κ1) is 7.73. The number of hydrogen-bond acceptors (Lipinski definition) is 2. The molecule has 2 nitrogen and oxygen atoms in total. The minimum atomic E-state index is 0.345. The van der Waals surface area contributed by atoms with Crippen LogP contribution >= 0.6 is 0 Å². The molecule has 0 aromatic heterocycles. The van der Waals surface area contributed by atoms with E-state index in [1.165, 1.54) is 6.42 Å². The number of carbonyl (C=O) groups is 1. The van der Waals surface area contributed by atoms with Gasteiger partial charge in [-0.15, -0.1) is 0 Å². The molecule has 1 fully saturated rings. The van der Waals surface area contributed by atoms with E-state index in [1.54, 1.807) is 6.92 Å². The first-order valence-electron chi connectivity index (χ1n) is 3.91. The van der Waals surface area contributed by atoms with Gasteiger partial charge in [0.05, 0.1) is 0 Å². The molecule has 0 aliphatic heterocycles. The molecule has 0 spiro atoms. The fourth-order valence-electron chi connectivity index (χ4n) is 1.61. The van der Waals surface area contributed by atoms with E-state index in [-0.39, 0.29) is 0 Å². The maximum atomic E-state index is 10.9. The van der Waals surface area contributed by atoms with Crippen LogP contribution in [-0.2, 0) is 4.79 Å². The molecule has 1 aliphatic rings. The highest BCUT2D eigenvalue weighted by Crippen LogP contribution is 2.25. The second-order valence-electron chi connectivity index (χ2n) is 3.11. The van der Waals surface area contributed by atoms with E-state index in [1.807, 2.05) is 7.05 Å². The Morgan fingerprint density at radius 3 is 2.50 bits per heavy atom. The van der Waals surface area contributed by atoms with Crippen molar-refractivity contribution in [1.29, 1.82) is 0 Å². The van der Waals surface area contributed by atoms with Gasteiger partial charge in [0.1, 0.15) is 5.78 Å². The molecule has 0 heterocycles. The van der Waals surface area contributed by atoms with Crippen LogP contribution in [0, 0.1) is 5.92 Å². The first-order chi connectivity index (χ1) is 4.74. The lowest BCUT2D eigenvalue weighted by Crippen LogP contribution is -2.22. The molecule has 0 amide bonds. The van der Waals surface area contributed by atoms with Gasteiger partial charge in [-0.05, 0) is 33.2 Å². The molecule has 0 saturated heterocycles. The number of nitrogens with one attached hydrogen (secondary N) is 1. The van der Waals surface area contributed by atoms with E-state index in [0.29, 0.717) is 17.7 Å². The van der Waals surface area contributed by atoms with Gasteiger partial charge >= 0.3 is 0 Å². The minimum absolute atomic E-state index is 0.345. The van der Waals surface area contributed by atoms with Crippen molar-refractivity contribution >= 4 is 5.78 Å². The predicted molar refractivity (Wildman–Crippen MR) is 40.9 cm³/mol. The van der Waals surface area contributed by atoms with Gasteiger partial charge in [-0.3, -0.25) is 4.79 Å². The number of carbonyl (C=O) groups excluding carboxylic acids is 1. The third-order valence-corrected chi connectivity index (χ3v) is 2.42. The molecular weight excluding hydrogens is 126 g/mol. The smallest absolute Gasteiger partial charge is 0.132 e. The number of rotatable bonds is 2. The van der Waals surface area contributed by atoms with Crippen LogP contribution in [0.3, 0.4) is 0 Å². The Bertz CT molecular complexity index is 133. The summed E-state index contributed by atoms with van der Waals surface area (Å²) >= 11 is 0. The van der Waals surface area contributed by atoms with Crippen molar-refractivity contribution < 1.29 is 4.79 Å². The van der Waals surface area contributed by atoms with Crippen molar-refractivity contribution in [3.8, 4) is 0 Å². The molecule has 2 heteroatoms. The summed E-state index contributed by atoms with van der Waals surface area (Å²) in [5.74, 6) is 0.704.